The Labute approximate surface area is 133 Å². The zero-order valence-corrected chi connectivity index (χ0v) is 13.4. The molecule has 5 nitrogen and oxygen atoms in total. The number of fused-ring (bicyclic) bond motifs is 1. The second kappa shape index (κ2) is 7.17. The van der Waals surface area contributed by atoms with Gasteiger partial charge in [-0.3, -0.25) is 4.79 Å². The van der Waals surface area contributed by atoms with E-state index in [4.69, 9.17) is 9.47 Å². The van der Waals surface area contributed by atoms with Crippen LogP contribution < -0.4 is 5.32 Å². The number of aromatic nitrogens is 1. The summed E-state index contributed by atoms with van der Waals surface area (Å²) in [6.07, 6.45) is 2.21. The summed E-state index contributed by atoms with van der Waals surface area (Å²) in [5.74, 6) is -0.107. The smallest absolute Gasteiger partial charge is 0.246 e. The first-order valence-corrected chi connectivity index (χ1v) is 8.37. The van der Waals surface area contributed by atoms with Crippen LogP contribution in [0, 0.1) is 0 Å². The number of thiazole rings is 1. The number of benzene rings is 1. The molecule has 1 fully saturated rings. The highest BCUT2D eigenvalue weighted by atomic mass is 32.1. The highest BCUT2D eigenvalue weighted by Gasteiger charge is 2.23. The van der Waals surface area contributed by atoms with E-state index in [9.17, 15) is 4.79 Å². The molecule has 118 valence electrons. The van der Waals surface area contributed by atoms with Crippen molar-refractivity contribution < 1.29 is 14.3 Å². The predicted molar refractivity (Wildman–Crippen MR) is 85.9 cm³/mol. The Bertz CT molecular complexity index is 604. The lowest BCUT2D eigenvalue weighted by Gasteiger charge is -2.19. The van der Waals surface area contributed by atoms with Crippen LogP contribution in [-0.2, 0) is 20.9 Å². The molecule has 6 heteroatoms. The Balaban J connectivity index is 1.43. The molecule has 2 atom stereocenters. The molecule has 2 unspecified atom stereocenters. The van der Waals surface area contributed by atoms with Gasteiger partial charge >= 0.3 is 0 Å². The Morgan fingerprint density at radius 1 is 1.55 bits per heavy atom. The van der Waals surface area contributed by atoms with Crippen LogP contribution in [0.3, 0.4) is 0 Å². The molecule has 0 saturated carbocycles. The Morgan fingerprint density at radius 2 is 2.41 bits per heavy atom. The van der Waals surface area contributed by atoms with Gasteiger partial charge in [-0.05, 0) is 31.9 Å². The minimum atomic E-state index is -0.107. The van der Waals surface area contributed by atoms with Crippen LogP contribution in [-0.4, -0.2) is 36.3 Å². The molecule has 1 aliphatic rings. The number of carbonyl (C=O) groups is 1. The molecule has 3 rings (SSSR count). The molecular weight excluding hydrogens is 300 g/mol. The molecule has 22 heavy (non-hydrogen) atoms. The van der Waals surface area contributed by atoms with Crippen LogP contribution in [0.1, 0.15) is 24.8 Å². The van der Waals surface area contributed by atoms with Gasteiger partial charge in [-0.2, -0.15) is 0 Å². The van der Waals surface area contributed by atoms with Crippen molar-refractivity contribution in [1.82, 2.24) is 10.3 Å². The standard InChI is InChI=1S/C16H20N2O3S/c1-11(13-6-4-8-21-13)17-15(19)9-20-10-16-18-12-5-2-3-7-14(12)22-16/h2-3,5,7,11,13H,4,6,8-10H2,1H3,(H,17,19). The summed E-state index contributed by atoms with van der Waals surface area (Å²) in [4.78, 5) is 16.3. The first-order chi connectivity index (χ1) is 10.7. The minimum Gasteiger partial charge on any atom is -0.376 e. The first-order valence-electron chi connectivity index (χ1n) is 7.55. The maximum absolute atomic E-state index is 11.9. The van der Waals surface area contributed by atoms with E-state index in [1.807, 2.05) is 31.2 Å². The van der Waals surface area contributed by atoms with Crippen molar-refractivity contribution in [2.24, 2.45) is 0 Å². The summed E-state index contributed by atoms with van der Waals surface area (Å²) < 4.78 is 12.2. The van der Waals surface area contributed by atoms with Crippen LogP contribution in [0.2, 0.25) is 0 Å². The molecule has 2 heterocycles. The number of nitrogens with one attached hydrogen (secondary N) is 1. The summed E-state index contributed by atoms with van der Waals surface area (Å²) in [6.45, 7) is 3.18. The third-order valence-corrected chi connectivity index (χ3v) is 4.72. The normalized spacial score (nSPS) is 19.4. The Morgan fingerprint density at radius 3 is 3.18 bits per heavy atom. The van der Waals surface area contributed by atoms with Gasteiger partial charge in [0.2, 0.25) is 5.91 Å². The van der Waals surface area contributed by atoms with E-state index < -0.39 is 0 Å². The minimum absolute atomic E-state index is 0.0288. The van der Waals surface area contributed by atoms with Crippen molar-refractivity contribution in [3.63, 3.8) is 0 Å². The molecule has 1 aliphatic heterocycles. The average Bonchev–Trinajstić information content (AvgIpc) is 3.16. The van der Waals surface area contributed by atoms with Gasteiger partial charge in [0.15, 0.2) is 0 Å². The number of para-hydroxylation sites is 1. The van der Waals surface area contributed by atoms with Gasteiger partial charge < -0.3 is 14.8 Å². The number of rotatable bonds is 6. The lowest BCUT2D eigenvalue weighted by Crippen LogP contribution is -2.42. The summed E-state index contributed by atoms with van der Waals surface area (Å²) in [6, 6.07) is 8.00. The zero-order chi connectivity index (χ0) is 15.4. The van der Waals surface area contributed by atoms with E-state index in [1.54, 1.807) is 11.3 Å². The van der Waals surface area contributed by atoms with E-state index in [0.717, 1.165) is 34.7 Å². The maximum atomic E-state index is 11.9. The van der Waals surface area contributed by atoms with Gasteiger partial charge in [0.1, 0.15) is 11.6 Å². The summed E-state index contributed by atoms with van der Waals surface area (Å²) in [5.41, 5.74) is 0.975. The van der Waals surface area contributed by atoms with Gasteiger partial charge in [0, 0.05) is 6.61 Å². The predicted octanol–water partition coefficient (Wildman–Crippen LogP) is 2.50. The lowest BCUT2D eigenvalue weighted by molar-refractivity contribution is -0.127. The topological polar surface area (TPSA) is 60.5 Å². The van der Waals surface area contributed by atoms with Crippen LogP contribution in [0.5, 0.6) is 0 Å². The van der Waals surface area contributed by atoms with E-state index in [1.165, 1.54) is 0 Å². The monoisotopic (exact) mass is 320 g/mol. The molecule has 1 N–H and O–H groups in total. The lowest BCUT2D eigenvalue weighted by atomic mass is 10.1. The third kappa shape index (κ3) is 3.82. The van der Waals surface area contributed by atoms with Gasteiger partial charge in [0.05, 0.1) is 29.0 Å². The number of ether oxygens (including phenoxy) is 2. The number of carbonyl (C=O) groups excluding carboxylic acids is 1. The zero-order valence-electron chi connectivity index (χ0n) is 12.6. The average molecular weight is 320 g/mol. The quantitative estimate of drug-likeness (QED) is 0.888. The Hall–Kier alpha value is -1.50. The molecule has 0 bridgehead atoms. The van der Waals surface area contributed by atoms with Crippen molar-refractivity contribution in [3.8, 4) is 0 Å². The summed E-state index contributed by atoms with van der Waals surface area (Å²) in [7, 11) is 0. The molecule has 1 aromatic heterocycles. The molecule has 1 aromatic carbocycles. The van der Waals surface area contributed by atoms with Crippen molar-refractivity contribution in [2.45, 2.75) is 38.5 Å². The number of nitrogens with zero attached hydrogens (tertiary/aromatic N) is 1. The van der Waals surface area contributed by atoms with Crippen LogP contribution in [0.4, 0.5) is 0 Å². The molecule has 0 spiro atoms. The Kier molecular flexibility index (Phi) is 5.02. The second-order valence-corrected chi connectivity index (χ2v) is 6.59. The van der Waals surface area contributed by atoms with Gasteiger partial charge in [0.25, 0.3) is 0 Å². The van der Waals surface area contributed by atoms with E-state index in [-0.39, 0.29) is 24.7 Å². The molecule has 0 radical (unpaired) electrons. The molecule has 2 aromatic rings. The highest BCUT2D eigenvalue weighted by Crippen LogP contribution is 2.21. The summed E-state index contributed by atoms with van der Waals surface area (Å²) in [5, 5.41) is 3.82. The van der Waals surface area contributed by atoms with Crippen molar-refractivity contribution in [3.05, 3.63) is 29.3 Å². The first kappa shape index (κ1) is 15.4. The van der Waals surface area contributed by atoms with Crippen LogP contribution in [0.15, 0.2) is 24.3 Å². The van der Waals surface area contributed by atoms with Gasteiger partial charge in [-0.25, -0.2) is 4.98 Å². The van der Waals surface area contributed by atoms with Crippen LogP contribution in [0.25, 0.3) is 10.2 Å². The molecular formula is C16H20N2O3S. The fourth-order valence-corrected chi connectivity index (χ4v) is 3.50. The van der Waals surface area contributed by atoms with Gasteiger partial charge in [-0.1, -0.05) is 12.1 Å². The van der Waals surface area contributed by atoms with Crippen molar-refractivity contribution in [1.29, 1.82) is 0 Å². The summed E-state index contributed by atoms with van der Waals surface area (Å²) >= 11 is 1.60. The van der Waals surface area contributed by atoms with Crippen LogP contribution >= 0.6 is 11.3 Å². The highest BCUT2D eigenvalue weighted by molar-refractivity contribution is 7.18. The maximum Gasteiger partial charge on any atom is 0.246 e. The third-order valence-electron chi connectivity index (χ3n) is 3.71. The number of amides is 1. The number of hydrogen-bond donors (Lipinski definition) is 1. The van der Waals surface area contributed by atoms with E-state index >= 15 is 0 Å². The fraction of sp³-hybridized carbons (Fsp3) is 0.500. The number of hydrogen-bond acceptors (Lipinski definition) is 5. The van der Waals surface area contributed by atoms with E-state index in [0.29, 0.717) is 6.61 Å². The molecule has 0 aliphatic carbocycles. The SMILES string of the molecule is CC(NC(=O)COCc1nc2ccccc2s1)C1CCCO1. The van der Waals surface area contributed by atoms with Gasteiger partial charge in [-0.15, -0.1) is 11.3 Å². The van der Waals surface area contributed by atoms with E-state index in [2.05, 4.69) is 10.3 Å². The second-order valence-electron chi connectivity index (χ2n) is 5.48. The molecule has 1 saturated heterocycles. The molecule has 1 amide bonds. The fourth-order valence-electron chi connectivity index (χ4n) is 2.60. The largest absolute Gasteiger partial charge is 0.376 e. The van der Waals surface area contributed by atoms with Crippen molar-refractivity contribution in [2.75, 3.05) is 13.2 Å². The van der Waals surface area contributed by atoms with Crippen molar-refractivity contribution >= 4 is 27.5 Å².